The number of carbonyl (C=O) groups is 1. The van der Waals surface area contributed by atoms with E-state index in [9.17, 15) is 13.6 Å². The molecule has 0 saturated heterocycles. The van der Waals surface area contributed by atoms with Crippen LogP contribution in [0.4, 0.5) is 14.5 Å². The summed E-state index contributed by atoms with van der Waals surface area (Å²) < 4.78 is 34.8. The van der Waals surface area contributed by atoms with Crippen LogP contribution in [0.15, 0.2) is 6.20 Å². The van der Waals surface area contributed by atoms with E-state index in [1.54, 1.807) is 6.92 Å². The van der Waals surface area contributed by atoms with Crippen molar-refractivity contribution in [1.82, 2.24) is 4.98 Å². The molecular weight excluding hydrogens is 234 g/mol. The number of pyridine rings is 1. The summed E-state index contributed by atoms with van der Waals surface area (Å²) in [6.07, 6.45) is -1.88. The molecule has 17 heavy (non-hydrogen) atoms. The van der Waals surface area contributed by atoms with Crippen molar-refractivity contribution in [2.75, 3.05) is 19.5 Å². The highest BCUT2D eigenvalue weighted by Crippen LogP contribution is 2.33. The monoisotopic (exact) mass is 246 g/mol. The minimum Gasteiger partial charge on any atom is -0.494 e. The molecule has 0 amide bonds. The average molecular weight is 246 g/mol. The van der Waals surface area contributed by atoms with Crippen LogP contribution >= 0.6 is 0 Å². The third-order valence-electron chi connectivity index (χ3n) is 1.98. The summed E-state index contributed by atoms with van der Waals surface area (Å²) in [7, 11) is 1.16. The number of anilines is 1. The molecular formula is C10H12F2N2O3. The van der Waals surface area contributed by atoms with Crippen LogP contribution in [-0.4, -0.2) is 24.7 Å². The molecule has 0 bridgehead atoms. The Morgan fingerprint density at radius 3 is 2.71 bits per heavy atom. The van der Waals surface area contributed by atoms with E-state index >= 15 is 0 Å². The van der Waals surface area contributed by atoms with Crippen molar-refractivity contribution in [2.45, 2.75) is 13.3 Å². The van der Waals surface area contributed by atoms with Crippen LogP contribution in [0.5, 0.6) is 5.75 Å². The fourth-order valence-electron chi connectivity index (χ4n) is 1.30. The second-order valence-electron chi connectivity index (χ2n) is 3.03. The zero-order valence-electron chi connectivity index (χ0n) is 9.37. The van der Waals surface area contributed by atoms with E-state index in [4.69, 9.17) is 15.2 Å². The van der Waals surface area contributed by atoms with Crippen LogP contribution in [0, 0.1) is 0 Å². The van der Waals surface area contributed by atoms with E-state index < -0.39 is 18.1 Å². The summed E-state index contributed by atoms with van der Waals surface area (Å²) in [5.41, 5.74) is 4.59. The molecule has 94 valence electrons. The number of rotatable bonds is 4. The van der Waals surface area contributed by atoms with Crippen molar-refractivity contribution in [3.8, 4) is 5.75 Å². The van der Waals surface area contributed by atoms with Crippen LogP contribution in [0.25, 0.3) is 0 Å². The maximum absolute atomic E-state index is 12.6. The molecule has 0 aromatic carbocycles. The summed E-state index contributed by atoms with van der Waals surface area (Å²) >= 11 is 0. The molecule has 5 nitrogen and oxygen atoms in total. The molecule has 1 rings (SSSR count). The number of nitrogens with zero attached hydrogens (tertiary/aromatic N) is 1. The van der Waals surface area contributed by atoms with Crippen molar-refractivity contribution in [2.24, 2.45) is 0 Å². The number of halogens is 2. The average Bonchev–Trinajstić information content (AvgIpc) is 2.28. The van der Waals surface area contributed by atoms with Gasteiger partial charge in [-0.3, -0.25) is 0 Å². The van der Waals surface area contributed by atoms with Crippen molar-refractivity contribution in [3.63, 3.8) is 0 Å². The van der Waals surface area contributed by atoms with Crippen LogP contribution in [0.3, 0.4) is 0 Å². The number of alkyl halides is 2. The summed E-state index contributed by atoms with van der Waals surface area (Å²) in [5.74, 6) is -1.16. The molecule has 7 heteroatoms. The lowest BCUT2D eigenvalue weighted by Crippen LogP contribution is -2.12. The van der Waals surface area contributed by atoms with Gasteiger partial charge in [-0.15, -0.1) is 0 Å². The zero-order valence-corrected chi connectivity index (χ0v) is 9.37. The number of nitrogens with two attached hydrogens (primary N) is 1. The van der Waals surface area contributed by atoms with Gasteiger partial charge in [-0.05, 0) is 6.92 Å². The molecule has 0 atom stereocenters. The third-order valence-corrected chi connectivity index (χ3v) is 1.98. The van der Waals surface area contributed by atoms with Gasteiger partial charge in [0.05, 0.1) is 25.6 Å². The zero-order chi connectivity index (χ0) is 13.0. The Kier molecular flexibility index (Phi) is 4.19. The SMILES string of the molecule is CCOC(=O)c1c(N)cnc(C(F)F)c1OC. The predicted molar refractivity (Wildman–Crippen MR) is 56.1 cm³/mol. The van der Waals surface area contributed by atoms with Gasteiger partial charge in [-0.25, -0.2) is 18.6 Å². The number of esters is 1. The number of nitrogen functional groups attached to an aromatic ring is 1. The quantitative estimate of drug-likeness (QED) is 0.820. The summed E-state index contributed by atoms with van der Waals surface area (Å²) in [6, 6.07) is 0. The summed E-state index contributed by atoms with van der Waals surface area (Å²) in [6.45, 7) is 1.70. The molecule has 0 unspecified atom stereocenters. The van der Waals surface area contributed by atoms with Gasteiger partial charge >= 0.3 is 5.97 Å². The fraction of sp³-hybridized carbons (Fsp3) is 0.400. The van der Waals surface area contributed by atoms with Gasteiger partial charge in [0.1, 0.15) is 11.3 Å². The van der Waals surface area contributed by atoms with Gasteiger partial charge in [0.15, 0.2) is 5.75 Å². The molecule has 1 aromatic heterocycles. The first kappa shape index (κ1) is 13.1. The maximum Gasteiger partial charge on any atom is 0.344 e. The van der Waals surface area contributed by atoms with Crippen molar-refractivity contribution < 1.29 is 23.0 Å². The van der Waals surface area contributed by atoms with E-state index in [0.29, 0.717) is 0 Å². The van der Waals surface area contributed by atoms with Crippen LogP contribution in [0.1, 0.15) is 29.4 Å². The molecule has 0 fully saturated rings. The lowest BCUT2D eigenvalue weighted by molar-refractivity contribution is 0.0522. The van der Waals surface area contributed by atoms with Gasteiger partial charge < -0.3 is 15.2 Å². The first-order valence-electron chi connectivity index (χ1n) is 4.80. The highest BCUT2D eigenvalue weighted by atomic mass is 19.3. The molecule has 1 heterocycles. The number of methoxy groups -OCH3 is 1. The summed E-state index contributed by atoms with van der Waals surface area (Å²) in [4.78, 5) is 15.0. The lowest BCUT2D eigenvalue weighted by Gasteiger charge is -2.13. The van der Waals surface area contributed by atoms with E-state index in [1.807, 2.05) is 0 Å². The molecule has 0 saturated carbocycles. The Morgan fingerprint density at radius 1 is 1.59 bits per heavy atom. The normalized spacial score (nSPS) is 10.4. The van der Waals surface area contributed by atoms with Crippen LogP contribution in [0.2, 0.25) is 0 Å². The van der Waals surface area contributed by atoms with Crippen LogP contribution in [-0.2, 0) is 4.74 Å². The first-order valence-corrected chi connectivity index (χ1v) is 4.80. The van der Waals surface area contributed by atoms with Gasteiger partial charge in [0, 0.05) is 0 Å². The Bertz CT molecular complexity index is 424. The van der Waals surface area contributed by atoms with E-state index in [2.05, 4.69) is 4.98 Å². The minimum atomic E-state index is -2.86. The number of aromatic nitrogens is 1. The second kappa shape index (κ2) is 5.42. The van der Waals surface area contributed by atoms with Gasteiger partial charge in [-0.1, -0.05) is 0 Å². The molecule has 1 aromatic rings. The van der Waals surface area contributed by atoms with Gasteiger partial charge in [-0.2, -0.15) is 0 Å². The number of ether oxygens (including phenoxy) is 2. The van der Waals surface area contributed by atoms with E-state index in [-0.39, 0.29) is 23.6 Å². The fourth-order valence-corrected chi connectivity index (χ4v) is 1.30. The molecule has 0 spiro atoms. The standard InChI is InChI=1S/C10H12F2N2O3/c1-3-17-10(15)6-5(13)4-14-7(9(11)12)8(6)16-2/h4,9H,3,13H2,1-2H3. The Hall–Kier alpha value is -1.92. The largest absolute Gasteiger partial charge is 0.494 e. The minimum absolute atomic E-state index is 0.0651. The van der Waals surface area contributed by atoms with E-state index in [1.165, 1.54) is 0 Å². The third kappa shape index (κ3) is 2.61. The van der Waals surface area contributed by atoms with Gasteiger partial charge in [0.2, 0.25) is 0 Å². The topological polar surface area (TPSA) is 74.4 Å². The van der Waals surface area contributed by atoms with Gasteiger partial charge in [0.25, 0.3) is 6.43 Å². The van der Waals surface area contributed by atoms with Crippen molar-refractivity contribution >= 4 is 11.7 Å². The van der Waals surface area contributed by atoms with E-state index in [0.717, 1.165) is 13.3 Å². The molecule has 0 radical (unpaired) electrons. The lowest BCUT2D eigenvalue weighted by atomic mass is 10.1. The highest BCUT2D eigenvalue weighted by molar-refractivity contribution is 5.98. The van der Waals surface area contributed by atoms with Crippen LogP contribution < -0.4 is 10.5 Å². The van der Waals surface area contributed by atoms with Crippen molar-refractivity contribution in [1.29, 1.82) is 0 Å². The number of hydrogen-bond donors (Lipinski definition) is 1. The molecule has 0 aliphatic carbocycles. The Morgan fingerprint density at radius 2 is 2.24 bits per heavy atom. The molecule has 2 N–H and O–H groups in total. The smallest absolute Gasteiger partial charge is 0.344 e. The maximum atomic E-state index is 12.6. The highest BCUT2D eigenvalue weighted by Gasteiger charge is 2.25. The van der Waals surface area contributed by atoms with Crippen molar-refractivity contribution in [3.05, 3.63) is 17.5 Å². The number of hydrogen-bond acceptors (Lipinski definition) is 5. The predicted octanol–water partition coefficient (Wildman–Crippen LogP) is 1.79. The first-order chi connectivity index (χ1) is 8.02. The number of carbonyl (C=O) groups excluding carboxylic acids is 1. The molecule has 0 aliphatic heterocycles. The second-order valence-corrected chi connectivity index (χ2v) is 3.03. The summed E-state index contributed by atoms with van der Waals surface area (Å²) in [5, 5.41) is 0. The Labute approximate surface area is 96.5 Å². The Balaban J connectivity index is 3.35. The molecule has 0 aliphatic rings.